The second kappa shape index (κ2) is 8.04. The van der Waals surface area contributed by atoms with Gasteiger partial charge in [-0.1, -0.05) is 49.2 Å². The smallest absolute Gasteiger partial charge is 0.303 e. The Bertz CT molecular complexity index is 942. The molecule has 0 spiro atoms. The highest BCUT2D eigenvalue weighted by Crippen LogP contribution is 2.31. The number of furan rings is 1. The monoisotopic (exact) mass is 353 g/mol. The molecule has 0 radical (unpaired) electrons. The van der Waals surface area contributed by atoms with E-state index in [1.165, 1.54) is 0 Å². The molecule has 5 heteroatoms. The molecule has 136 valence electrons. The van der Waals surface area contributed by atoms with Gasteiger partial charge >= 0.3 is 5.97 Å². The second-order valence-corrected chi connectivity index (χ2v) is 6.53. The Balaban J connectivity index is 1.63. The number of carboxylic acid groups (broad SMARTS) is 1. The van der Waals surface area contributed by atoms with Gasteiger partial charge in [0.2, 0.25) is 0 Å². The third-order valence-corrected chi connectivity index (χ3v) is 4.64. The largest absolute Gasteiger partial charge is 0.481 e. The first-order chi connectivity index (χ1) is 12.6. The van der Waals surface area contributed by atoms with Crippen molar-refractivity contribution in [2.75, 3.05) is 6.54 Å². The maximum atomic E-state index is 12.5. The molecule has 26 heavy (non-hydrogen) atoms. The van der Waals surface area contributed by atoms with Crippen molar-refractivity contribution in [2.45, 2.75) is 39.0 Å². The Kier molecular flexibility index (Phi) is 5.56. The van der Waals surface area contributed by atoms with Gasteiger partial charge in [-0.25, -0.2) is 0 Å². The molecule has 0 aliphatic heterocycles. The fraction of sp³-hybridized carbons (Fsp3) is 0.333. The zero-order chi connectivity index (χ0) is 18.5. The van der Waals surface area contributed by atoms with Gasteiger partial charge in [-0.3, -0.25) is 9.59 Å². The van der Waals surface area contributed by atoms with Crippen molar-refractivity contribution < 1.29 is 19.1 Å². The minimum Gasteiger partial charge on any atom is -0.481 e. The quantitative estimate of drug-likeness (QED) is 0.577. The number of hydrogen-bond donors (Lipinski definition) is 2. The molecule has 2 aromatic carbocycles. The molecule has 0 aliphatic carbocycles. The van der Waals surface area contributed by atoms with Crippen LogP contribution in [0.25, 0.3) is 21.7 Å². The van der Waals surface area contributed by atoms with Crippen molar-refractivity contribution in [3.05, 3.63) is 47.7 Å². The molecule has 0 saturated heterocycles. The molecule has 1 amide bonds. The number of unbranched alkanes of at least 4 members (excludes halogenated alkanes) is 3. The lowest BCUT2D eigenvalue weighted by Crippen LogP contribution is -2.24. The number of carboxylic acids is 1. The Morgan fingerprint density at radius 3 is 2.58 bits per heavy atom. The first-order valence-corrected chi connectivity index (χ1v) is 8.99. The normalized spacial score (nSPS) is 11.1. The van der Waals surface area contributed by atoms with Gasteiger partial charge in [0.05, 0.1) is 0 Å². The van der Waals surface area contributed by atoms with E-state index in [-0.39, 0.29) is 12.3 Å². The molecule has 1 heterocycles. The lowest BCUT2D eigenvalue weighted by Gasteiger charge is -2.03. The van der Waals surface area contributed by atoms with Crippen LogP contribution in [0.2, 0.25) is 0 Å². The van der Waals surface area contributed by atoms with Crippen molar-refractivity contribution in [3.8, 4) is 0 Å². The van der Waals surface area contributed by atoms with Crippen LogP contribution in [0.5, 0.6) is 0 Å². The van der Waals surface area contributed by atoms with Crippen LogP contribution in [0.1, 0.15) is 48.2 Å². The van der Waals surface area contributed by atoms with E-state index in [1.54, 1.807) is 0 Å². The number of nitrogens with one attached hydrogen (secondary N) is 1. The molecule has 3 aromatic rings. The number of amides is 1. The molecule has 0 bridgehead atoms. The SMILES string of the molecule is Cc1c(C(=O)NCCCCCCC(=O)O)oc2c1ccc1ccccc12. The molecular formula is C21H23NO4. The summed E-state index contributed by atoms with van der Waals surface area (Å²) in [6.45, 7) is 2.46. The van der Waals surface area contributed by atoms with Crippen LogP contribution in [0.3, 0.4) is 0 Å². The van der Waals surface area contributed by atoms with E-state index in [1.807, 2.05) is 43.3 Å². The lowest BCUT2D eigenvalue weighted by molar-refractivity contribution is -0.137. The van der Waals surface area contributed by atoms with Gasteiger partial charge in [0.1, 0.15) is 5.58 Å². The average Bonchev–Trinajstić information content (AvgIpc) is 2.98. The summed E-state index contributed by atoms with van der Waals surface area (Å²) in [5, 5.41) is 14.6. The Hall–Kier alpha value is -2.82. The van der Waals surface area contributed by atoms with Crippen molar-refractivity contribution in [3.63, 3.8) is 0 Å². The summed E-state index contributed by atoms with van der Waals surface area (Å²) in [6, 6.07) is 12.0. The summed E-state index contributed by atoms with van der Waals surface area (Å²) in [6.07, 6.45) is 3.47. The van der Waals surface area contributed by atoms with E-state index >= 15 is 0 Å². The molecule has 2 N–H and O–H groups in total. The summed E-state index contributed by atoms with van der Waals surface area (Å²) in [7, 11) is 0. The van der Waals surface area contributed by atoms with Gasteiger partial charge < -0.3 is 14.8 Å². The molecular weight excluding hydrogens is 330 g/mol. The summed E-state index contributed by atoms with van der Waals surface area (Å²) in [5.41, 5.74) is 1.60. The van der Waals surface area contributed by atoms with Crippen molar-refractivity contribution in [1.29, 1.82) is 0 Å². The highest BCUT2D eigenvalue weighted by atomic mass is 16.4. The van der Waals surface area contributed by atoms with E-state index in [0.717, 1.165) is 46.6 Å². The number of benzene rings is 2. The van der Waals surface area contributed by atoms with Crippen molar-refractivity contribution in [1.82, 2.24) is 5.32 Å². The summed E-state index contributed by atoms with van der Waals surface area (Å²) in [4.78, 5) is 22.9. The predicted molar refractivity (Wildman–Crippen MR) is 102 cm³/mol. The van der Waals surface area contributed by atoms with E-state index in [2.05, 4.69) is 5.32 Å². The van der Waals surface area contributed by atoms with Crippen molar-refractivity contribution >= 4 is 33.6 Å². The zero-order valence-corrected chi connectivity index (χ0v) is 14.9. The van der Waals surface area contributed by atoms with Gasteiger partial charge in [0.25, 0.3) is 5.91 Å². The fourth-order valence-electron chi connectivity index (χ4n) is 3.20. The number of carbonyl (C=O) groups is 2. The molecule has 3 rings (SSSR count). The number of aliphatic carboxylic acids is 1. The molecule has 5 nitrogen and oxygen atoms in total. The molecule has 1 aromatic heterocycles. The van der Waals surface area contributed by atoms with Gasteiger partial charge in [-0.15, -0.1) is 0 Å². The zero-order valence-electron chi connectivity index (χ0n) is 14.9. The molecule has 0 unspecified atom stereocenters. The summed E-state index contributed by atoms with van der Waals surface area (Å²) < 4.78 is 5.92. The minimum atomic E-state index is -0.758. The Morgan fingerprint density at radius 1 is 1.00 bits per heavy atom. The van der Waals surface area contributed by atoms with E-state index in [4.69, 9.17) is 9.52 Å². The average molecular weight is 353 g/mol. The van der Waals surface area contributed by atoms with Crippen molar-refractivity contribution in [2.24, 2.45) is 0 Å². The van der Waals surface area contributed by atoms with Crippen LogP contribution >= 0.6 is 0 Å². The number of rotatable bonds is 8. The fourth-order valence-corrected chi connectivity index (χ4v) is 3.20. The first-order valence-electron chi connectivity index (χ1n) is 8.99. The van der Waals surface area contributed by atoms with Gasteiger partial charge in [0.15, 0.2) is 5.76 Å². The summed E-state index contributed by atoms with van der Waals surface area (Å²) >= 11 is 0. The molecule has 0 atom stereocenters. The third kappa shape index (κ3) is 3.87. The predicted octanol–water partition coefficient (Wildman–Crippen LogP) is 4.66. The highest BCUT2D eigenvalue weighted by molar-refractivity contribution is 6.08. The highest BCUT2D eigenvalue weighted by Gasteiger charge is 2.18. The van der Waals surface area contributed by atoms with Crippen LogP contribution in [0.4, 0.5) is 0 Å². The van der Waals surface area contributed by atoms with Crippen LogP contribution in [-0.4, -0.2) is 23.5 Å². The Labute approximate surface area is 152 Å². The van der Waals surface area contributed by atoms with E-state index in [0.29, 0.717) is 18.7 Å². The number of carbonyl (C=O) groups excluding carboxylic acids is 1. The van der Waals surface area contributed by atoms with Crippen LogP contribution in [0, 0.1) is 6.92 Å². The van der Waals surface area contributed by atoms with E-state index in [9.17, 15) is 9.59 Å². The van der Waals surface area contributed by atoms with Gasteiger partial charge in [-0.2, -0.15) is 0 Å². The summed E-state index contributed by atoms with van der Waals surface area (Å²) in [5.74, 6) is -0.596. The number of fused-ring (bicyclic) bond motifs is 3. The van der Waals surface area contributed by atoms with Crippen LogP contribution in [-0.2, 0) is 4.79 Å². The number of hydrogen-bond acceptors (Lipinski definition) is 3. The molecule has 0 saturated carbocycles. The van der Waals surface area contributed by atoms with Gasteiger partial charge in [0, 0.05) is 29.3 Å². The maximum absolute atomic E-state index is 12.5. The lowest BCUT2D eigenvalue weighted by atomic mass is 10.1. The first kappa shape index (κ1) is 18.0. The molecule has 0 aliphatic rings. The van der Waals surface area contributed by atoms with Gasteiger partial charge in [-0.05, 0) is 25.2 Å². The topological polar surface area (TPSA) is 79.5 Å². The minimum absolute atomic E-state index is 0.201. The third-order valence-electron chi connectivity index (χ3n) is 4.64. The Morgan fingerprint density at radius 2 is 1.77 bits per heavy atom. The van der Waals surface area contributed by atoms with E-state index < -0.39 is 5.97 Å². The van der Waals surface area contributed by atoms with Crippen LogP contribution in [0.15, 0.2) is 40.8 Å². The molecule has 0 fully saturated rings. The number of aryl methyl sites for hydroxylation is 1. The standard InChI is InChI=1S/C21H23NO4/c1-14-16-12-11-15-8-5-6-9-17(15)20(16)26-19(14)21(25)22-13-7-3-2-4-10-18(23)24/h5-6,8-9,11-12H,2-4,7,10,13H2,1H3,(H,22,25)(H,23,24). The second-order valence-electron chi connectivity index (χ2n) is 6.53. The maximum Gasteiger partial charge on any atom is 0.303 e. The van der Waals surface area contributed by atoms with Crippen LogP contribution < -0.4 is 5.32 Å².